The van der Waals surface area contributed by atoms with Crippen molar-refractivity contribution in [3.05, 3.63) is 46.7 Å². The fourth-order valence-corrected chi connectivity index (χ4v) is 3.22. The van der Waals surface area contributed by atoms with Crippen LogP contribution in [0.15, 0.2) is 30.5 Å². The minimum atomic E-state index is 0.579. The van der Waals surface area contributed by atoms with Crippen molar-refractivity contribution >= 4 is 11.6 Å². The molecule has 1 heterocycles. The molecule has 0 amide bonds. The van der Waals surface area contributed by atoms with Gasteiger partial charge in [-0.05, 0) is 55.4 Å². The third-order valence-corrected chi connectivity index (χ3v) is 4.65. The Labute approximate surface area is 132 Å². The zero-order valence-electron chi connectivity index (χ0n) is 12.8. The first-order valence-electron chi connectivity index (χ1n) is 8.08. The fourth-order valence-electron chi connectivity index (χ4n) is 3.06. The lowest BCUT2D eigenvalue weighted by Gasteiger charge is -2.19. The summed E-state index contributed by atoms with van der Waals surface area (Å²) in [5.74, 6) is 1.27. The molecule has 1 fully saturated rings. The van der Waals surface area contributed by atoms with Crippen molar-refractivity contribution in [2.24, 2.45) is 0 Å². The molecule has 0 bridgehead atoms. The summed E-state index contributed by atoms with van der Waals surface area (Å²) in [5, 5.41) is 5.56. The molecule has 2 nitrogen and oxygen atoms in total. The van der Waals surface area contributed by atoms with E-state index in [2.05, 4.69) is 38.2 Å². The number of rotatable bonds is 6. The van der Waals surface area contributed by atoms with Gasteiger partial charge in [0, 0.05) is 17.1 Å². The fraction of sp³-hybridized carbons (Fsp3) is 0.500. The predicted octanol–water partition coefficient (Wildman–Crippen LogP) is 5.70. The van der Waals surface area contributed by atoms with E-state index in [-0.39, 0.29) is 0 Å². The van der Waals surface area contributed by atoms with Crippen LogP contribution >= 0.6 is 11.6 Å². The molecular formula is C18H23ClN2. The molecule has 1 atom stereocenters. The lowest BCUT2D eigenvalue weighted by molar-refractivity contribution is 0.591. The standard InChI is InChI=1S/C18H23ClN2/c1-3-5-13(4-2)16-9-8-15(19)12-18(16)21-11-10-17(20-21)14-6-7-14/h8-14H,3-7H2,1-2H3. The van der Waals surface area contributed by atoms with Gasteiger partial charge >= 0.3 is 0 Å². The quantitative estimate of drug-likeness (QED) is 0.669. The third-order valence-electron chi connectivity index (χ3n) is 4.41. The molecule has 1 saturated carbocycles. The van der Waals surface area contributed by atoms with Crippen molar-refractivity contribution in [3.8, 4) is 5.69 Å². The first kappa shape index (κ1) is 14.6. The summed E-state index contributed by atoms with van der Waals surface area (Å²) in [4.78, 5) is 0. The summed E-state index contributed by atoms with van der Waals surface area (Å²) in [6.45, 7) is 4.51. The van der Waals surface area contributed by atoms with Gasteiger partial charge in [0.05, 0.1) is 11.4 Å². The van der Waals surface area contributed by atoms with Crippen molar-refractivity contribution in [1.82, 2.24) is 9.78 Å². The van der Waals surface area contributed by atoms with E-state index in [0.717, 1.165) is 17.1 Å². The molecule has 0 aliphatic heterocycles. The topological polar surface area (TPSA) is 17.8 Å². The normalized spacial score (nSPS) is 16.1. The number of hydrogen-bond acceptors (Lipinski definition) is 1. The molecule has 1 aliphatic rings. The van der Waals surface area contributed by atoms with Crippen molar-refractivity contribution < 1.29 is 0 Å². The summed E-state index contributed by atoms with van der Waals surface area (Å²) in [6.07, 6.45) is 8.22. The van der Waals surface area contributed by atoms with Crippen LogP contribution in [0.5, 0.6) is 0 Å². The van der Waals surface area contributed by atoms with Gasteiger partial charge in [0.15, 0.2) is 0 Å². The van der Waals surface area contributed by atoms with E-state index >= 15 is 0 Å². The molecule has 1 aliphatic carbocycles. The second kappa shape index (κ2) is 6.23. The Hall–Kier alpha value is -1.28. The maximum absolute atomic E-state index is 6.23. The third kappa shape index (κ3) is 3.16. The molecular weight excluding hydrogens is 280 g/mol. The van der Waals surface area contributed by atoms with Gasteiger partial charge in [-0.25, -0.2) is 4.68 Å². The SMILES string of the molecule is CCCC(CC)c1ccc(Cl)cc1-n1ccc(C2CC2)n1. The molecule has 2 aromatic rings. The first-order chi connectivity index (χ1) is 10.2. The van der Waals surface area contributed by atoms with Crippen LogP contribution in [0.3, 0.4) is 0 Å². The minimum absolute atomic E-state index is 0.579. The Morgan fingerprint density at radius 3 is 2.76 bits per heavy atom. The highest BCUT2D eigenvalue weighted by Gasteiger charge is 2.26. The maximum atomic E-state index is 6.23. The lowest BCUT2D eigenvalue weighted by atomic mass is 9.91. The predicted molar refractivity (Wildman–Crippen MR) is 88.5 cm³/mol. The second-order valence-corrected chi connectivity index (χ2v) is 6.49. The van der Waals surface area contributed by atoms with Crippen LogP contribution in [0.1, 0.15) is 69.0 Å². The van der Waals surface area contributed by atoms with E-state index in [0.29, 0.717) is 11.8 Å². The van der Waals surface area contributed by atoms with Gasteiger partial charge in [-0.2, -0.15) is 5.10 Å². The second-order valence-electron chi connectivity index (χ2n) is 6.06. The molecule has 3 heteroatoms. The zero-order valence-corrected chi connectivity index (χ0v) is 13.6. The molecule has 1 aromatic heterocycles. The number of aromatic nitrogens is 2. The largest absolute Gasteiger partial charge is 0.240 e. The van der Waals surface area contributed by atoms with Gasteiger partial charge in [0.2, 0.25) is 0 Å². The van der Waals surface area contributed by atoms with Gasteiger partial charge in [-0.15, -0.1) is 0 Å². The van der Waals surface area contributed by atoms with E-state index in [4.69, 9.17) is 16.7 Å². The smallest absolute Gasteiger partial charge is 0.0695 e. The van der Waals surface area contributed by atoms with Crippen LogP contribution in [0, 0.1) is 0 Å². The van der Waals surface area contributed by atoms with Gasteiger partial charge in [0.25, 0.3) is 0 Å². The monoisotopic (exact) mass is 302 g/mol. The van der Waals surface area contributed by atoms with Crippen LogP contribution < -0.4 is 0 Å². The number of nitrogens with zero attached hydrogens (tertiary/aromatic N) is 2. The highest BCUT2D eigenvalue weighted by molar-refractivity contribution is 6.30. The molecule has 21 heavy (non-hydrogen) atoms. The van der Waals surface area contributed by atoms with Crippen molar-refractivity contribution in [3.63, 3.8) is 0 Å². The van der Waals surface area contributed by atoms with E-state index in [1.165, 1.54) is 36.9 Å². The molecule has 0 radical (unpaired) electrons. The lowest BCUT2D eigenvalue weighted by Crippen LogP contribution is -2.06. The van der Waals surface area contributed by atoms with Crippen LogP contribution in [-0.2, 0) is 0 Å². The average molecular weight is 303 g/mol. The summed E-state index contributed by atoms with van der Waals surface area (Å²) in [5.41, 5.74) is 3.74. The van der Waals surface area contributed by atoms with E-state index in [9.17, 15) is 0 Å². The minimum Gasteiger partial charge on any atom is -0.240 e. The van der Waals surface area contributed by atoms with Gasteiger partial charge in [0.1, 0.15) is 0 Å². The van der Waals surface area contributed by atoms with Crippen molar-refractivity contribution in [2.75, 3.05) is 0 Å². The number of benzene rings is 1. The van der Waals surface area contributed by atoms with Crippen LogP contribution in [0.4, 0.5) is 0 Å². The molecule has 0 spiro atoms. The average Bonchev–Trinajstić information content (AvgIpc) is 3.23. The zero-order chi connectivity index (χ0) is 14.8. The Bertz CT molecular complexity index is 613. The molecule has 112 valence electrons. The molecule has 3 rings (SSSR count). The Morgan fingerprint density at radius 2 is 2.10 bits per heavy atom. The van der Waals surface area contributed by atoms with E-state index in [1.807, 2.05) is 10.7 Å². The van der Waals surface area contributed by atoms with Crippen LogP contribution in [0.25, 0.3) is 5.69 Å². The van der Waals surface area contributed by atoms with Crippen LogP contribution in [-0.4, -0.2) is 9.78 Å². The number of hydrogen-bond donors (Lipinski definition) is 0. The Balaban J connectivity index is 1.99. The highest BCUT2D eigenvalue weighted by atomic mass is 35.5. The highest BCUT2D eigenvalue weighted by Crippen LogP contribution is 2.39. The molecule has 1 unspecified atom stereocenters. The Morgan fingerprint density at radius 1 is 1.29 bits per heavy atom. The van der Waals surface area contributed by atoms with Gasteiger partial charge in [-0.3, -0.25) is 0 Å². The summed E-state index contributed by atoms with van der Waals surface area (Å²) >= 11 is 6.23. The Kier molecular flexibility index (Phi) is 4.34. The van der Waals surface area contributed by atoms with E-state index in [1.54, 1.807) is 0 Å². The summed E-state index contributed by atoms with van der Waals surface area (Å²) in [7, 11) is 0. The van der Waals surface area contributed by atoms with Crippen molar-refractivity contribution in [2.45, 2.75) is 57.8 Å². The summed E-state index contributed by atoms with van der Waals surface area (Å²) < 4.78 is 2.02. The number of halogens is 1. The molecule has 0 saturated heterocycles. The van der Waals surface area contributed by atoms with E-state index < -0.39 is 0 Å². The molecule has 1 aromatic carbocycles. The van der Waals surface area contributed by atoms with Crippen LogP contribution in [0.2, 0.25) is 5.02 Å². The molecule has 0 N–H and O–H groups in total. The summed E-state index contributed by atoms with van der Waals surface area (Å²) in [6, 6.07) is 8.39. The first-order valence-corrected chi connectivity index (χ1v) is 8.46. The van der Waals surface area contributed by atoms with Gasteiger partial charge < -0.3 is 0 Å². The van der Waals surface area contributed by atoms with Gasteiger partial charge in [-0.1, -0.05) is 37.9 Å². The van der Waals surface area contributed by atoms with Crippen molar-refractivity contribution in [1.29, 1.82) is 0 Å². The maximum Gasteiger partial charge on any atom is 0.0695 e.